The molecule has 0 atom stereocenters. The third-order valence-corrected chi connectivity index (χ3v) is 2.71. The van der Waals surface area contributed by atoms with Crippen LogP contribution < -0.4 is 16.2 Å². The molecule has 0 fully saturated rings. The number of ether oxygens (including phenoxy) is 1. The van der Waals surface area contributed by atoms with Gasteiger partial charge in [0.25, 0.3) is 5.91 Å². The first kappa shape index (κ1) is 14.7. The maximum atomic E-state index is 12.8. The second-order valence-corrected chi connectivity index (χ2v) is 4.21. The van der Waals surface area contributed by atoms with Crippen molar-refractivity contribution in [3.63, 3.8) is 0 Å². The van der Waals surface area contributed by atoms with Crippen LogP contribution in [0.5, 0.6) is 11.5 Å². The van der Waals surface area contributed by atoms with Crippen LogP contribution in [0.1, 0.15) is 15.9 Å². The molecule has 0 aliphatic heterocycles. The van der Waals surface area contributed by atoms with Crippen molar-refractivity contribution in [2.45, 2.75) is 6.18 Å². The molecule has 0 heterocycles. The molecule has 0 radical (unpaired) electrons. The van der Waals surface area contributed by atoms with Crippen LogP contribution in [0.3, 0.4) is 0 Å². The van der Waals surface area contributed by atoms with Gasteiger partial charge in [0.2, 0.25) is 0 Å². The molecule has 2 aromatic carbocycles. The van der Waals surface area contributed by atoms with Crippen LogP contribution in [0, 0.1) is 0 Å². The van der Waals surface area contributed by atoms with E-state index < -0.39 is 17.6 Å². The van der Waals surface area contributed by atoms with Crippen LogP contribution in [0.15, 0.2) is 42.5 Å². The minimum atomic E-state index is -4.54. The topological polar surface area (TPSA) is 78.3 Å². The van der Waals surface area contributed by atoms with Gasteiger partial charge in [-0.2, -0.15) is 13.2 Å². The Morgan fingerprint density at radius 3 is 2.38 bits per heavy atom. The normalized spacial score (nSPS) is 11.2. The van der Waals surface area contributed by atoms with Crippen molar-refractivity contribution >= 4 is 11.6 Å². The van der Waals surface area contributed by atoms with Crippen molar-refractivity contribution in [1.82, 2.24) is 0 Å². The average Bonchev–Trinajstić information content (AvgIpc) is 2.40. The number of hydrogen-bond acceptors (Lipinski definition) is 3. The van der Waals surface area contributed by atoms with Crippen LogP contribution in [-0.2, 0) is 6.18 Å². The standard InChI is InChI=1S/C14H11F3N2O2/c15-14(16,17)10-3-1-2-4-12(10)21-8-5-6-11(18)9(7-8)13(19)20/h1-7H,18H2,(H2,19,20). The smallest absolute Gasteiger partial charge is 0.419 e. The highest BCUT2D eigenvalue weighted by atomic mass is 19.4. The molecule has 0 aliphatic rings. The summed E-state index contributed by atoms with van der Waals surface area (Å²) in [7, 11) is 0. The number of primary amides is 1. The predicted molar refractivity (Wildman–Crippen MR) is 70.9 cm³/mol. The van der Waals surface area contributed by atoms with Gasteiger partial charge in [-0.1, -0.05) is 12.1 Å². The Morgan fingerprint density at radius 2 is 1.76 bits per heavy atom. The van der Waals surface area contributed by atoms with Crippen molar-refractivity contribution in [1.29, 1.82) is 0 Å². The summed E-state index contributed by atoms with van der Waals surface area (Å²) in [4.78, 5) is 11.2. The lowest BCUT2D eigenvalue weighted by Gasteiger charge is -2.14. The van der Waals surface area contributed by atoms with Gasteiger partial charge in [0.1, 0.15) is 11.5 Å². The first-order valence-corrected chi connectivity index (χ1v) is 5.82. The van der Waals surface area contributed by atoms with Crippen LogP contribution in [0.4, 0.5) is 18.9 Å². The first-order chi connectivity index (χ1) is 9.79. The molecule has 0 aromatic heterocycles. The number of rotatable bonds is 3. The predicted octanol–water partition coefficient (Wildman–Crippen LogP) is 3.18. The molecular formula is C14H11F3N2O2. The Hall–Kier alpha value is -2.70. The van der Waals surface area contributed by atoms with Crippen molar-refractivity contribution < 1.29 is 22.7 Å². The average molecular weight is 296 g/mol. The number of nitrogens with two attached hydrogens (primary N) is 2. The molecule has 4 N–H and O–H groups in total. The van der Waals surface area contributed by atoms with Crippen molar-refractivity contribution in [3.8, 4) is 11.5 Å². The Bertz CT molecular complexity index is 684. The molecule has 2 aromatic rings. The second-order valence-electron chi connectivity index (χ2n) is 4.21. The van der Waals surface area contributed by atoms with E-state index in [1.165, 1.54) is 36.4 Å². The van der Waals surface area contributed by atoms with E-state index in [2.05, 4.69) is 0 Å². The van der Waals surface area contributed by atoms with Gasteiger partial charge < -0.3 is 16.2 Å². The molecule has 0 unspecified atom stereocenters. The van der Waals surface area contributed by atoms with E-state index in [0.29, 0.717) is 0 Å². The lowest BCUT2D eigenvalue weighted by atomic mass is 10.1. The van der Waals surface area contributed by atoms with E-state index in [-0.39, 0.29) is 22.7 Å². The van der Waals surface area contributed by atoms with E-state index in [1.807, 2.05) is 0 Å². The number of amides is 1. The largest absolute Gasteiger partial charge is 0.457 e. The Kier molecular flexibility index (Phi) is 3.75. The molecule has 1 amide bonds. The van der Waals surface area contributed by atoms with Crippen LogP contribution in [0.2, 0.25) is 0 Å². The second kappa shape index (κ2) is 5.35. The van der Waals surface area contributed by atoms with E-state index in [1.54, 1.807) is 0 Å². The molecule has 2 rings (SSSR count). The maximum absolute atomic E-state index is 12.8. The maximum Gasteiger partial charge on any atom is 0.419 e. The van der Waals surface area contributed by atoms with Crippen LogP contribution >= 0.6 is 0 Å². The number of hydrogen-bond donors (Lipinski definition) is 2. The van der Waals surface area contributed by atoms with Gasteiger partial charge >= 0.3 is 6.18 Å². The van der Waals surface area contributed by atoms with E-state index in [4.69, 9.17) is 16.2 Å². The Balaban J connectivity index is 2.40. The highest BCUT2D eigenvalue weighted by Gasteiger charge is 2.34. The lowest BCUT2D eigenvalue weighted by molar-refractivity contribution is -0.138. The molecule has 7 heteroatoms. The number of benzene rings is 2. The van der Waals surface area contributed by atoms with Gasteiger partial charge in [0.05, 0.1) is 11.1 Å². The molecule has 0 bridgehead atoms. The van der Waals surface area contributed by atoms with Crippen molar-refractivity contribution in [2.75, 3.05) is 5.73 Å². The lowest BCUT2D eigenvalue weighted by Crippen LogP contribution is -2.13. The zero-order chi connectivity index (χ0) is 15.6. The Labute approximate surface area is 118 Å². The summed E-state index contributed by atoms with van der Waals surface area (Å²) in [6, 6.07) is 8.65. The summed E-state index contributed by atoms with van der Waals surface area (Å²) < 4.78 is 43.7. The number of carbonyl (C=O) groups excluding carboxylic acids is 1. The van der Waals surface area contributed by atoms with E-state index in [9.17, 15) is 18.0 Å². The fraction of sp³-hybridized carbons (Fsp3) is 0.0714. The summed E-state index contributed by atoms with van der Waals surface area (Å²) >= 11 is 0. The molecule has 0 spiro atoms. The van der Waals surface area contributed by atoms with Gasteiger partial charge in [-0.3, -0.25) is 4.79 Å². The minimum Gasteiger partial charge on any atom is -0.457 e. The summed E-state index contributed by atoms with van der Waals surface area (Å²) in [5.41, 5.74) is 9.86. The highest BCUT2D eigenvalue weighted by molar-refractivity contribution is 5.98. The monoisotopic (exact) mass is 296 g/mol. The third kappa shape index (κ3) is 3.25. The number of alkyl halides is 3. The van der Waals surface area contributed by atoms with Gasteiger partial charge in [-0.05, 0) is 30.3 Å². The van der Waals surface area contributed by atoms with E-state index in [0.717, 1.165) is 6.07 Å². The minimum absolute atomic E-state index is 0.0167. The van der Waals surface area contributed by atoms with Gasteiger partial charge in [-0.15, -0.1) is 0 Å². The molecule has 4 nitrogen and oxygen atoms in total. The summed E-state index contributed by atoms with van der Waals surface area (Å²) in [6.45, 7) is 0. The fourth-order valence-electron chi connectivity index (χ4n) is 1.73. The number of anilines is 1. The molecule has 110 valence electrons. The quantitative estimate of drug-likeness (QED) is 0.854. The van der Waals surface area contributed by atoms with E-state index >= 15 is 0 Å². The SMILES string of the molecule is NC(=O)c1cc(Oc2ccccc2C(F)(F)F)ccc1N. The highest BCUT2D eigenvalue weighted by Crippen LogP contribution is 2.38. The molecule has 0 aliphatic carbocycles. The third-order valence-electron chi connectivity index (χ3n) is 2.71. The van der Waals surface area contributed by atoms with Crippen molar-refractivity contribution in [3.05, 3.63) is 53.6 Å². The zero-order valence-electron chi connectivity index (χ0n) is 10.6. The summed E-state index contributed by atoms with van der Waals surface area (Å²) in [5, 5.41) is 0. The summed E-state index contributed by atoms with van der Waals surface area (Å²) in [6.07, 6.45) is -4.54. The summed E-state index contributed by atoms with van der Waals surface area (Å²) in [5.74, 6) is -1.12. The molecular weight excluding hydrogens is 285 g/mol. The van der Waals surface area contributed by atoms with Gasteiger partial charge in [-0.25, -0.2) is 0 Å². The fourth-order valence-corrected chi connectivity index (χ4v) is 1.73. The van der Waals surface area contributed by atoms with Crippen molar-refractivity contribution in [2.24, 2.45) is 5.73 Å². The number of carbonyl (C=O) groups is 1. The number of halogens is 3. The number of para-hydroxylation sites is 1. The molecule has 21 heavy (non-hydrogen) atoms. The zero-order valence-corrected chi connectivity index (χ0v) is 10.6. The molecule has 0 saturated heterocycles. The van der Waals surface area contributed by atoms with Gasteiger partial charge in [0.15, 0.2) is 0 Å². The molecule has 0 saturated carbocycles. The van der Waals surface area contributed by atoms with Crippen LogP contribution in [0.25, 0.3) is 0 Å². The number of nitrogen functional groups attached to an aromatic ring is 1. The Morgan fingerprint density at radius 1 is 1.10 bits per heavy atom. The first-order valence-electron chi connectivity index (χ1n) is 5.82. The van der Waals surface area contributed by atoms with Crippen LogP contribution in [-0.4, -0.2) is 5.91 Å². The van der Waals surface area contributed by atoms with Gasteiger partial charge in [0, 0.05) is 5.69 Å².